The van der Waals surface area contributed by atoms with E-state index in [1.165, 1.54) is 12.1 Å². The fourth-order valence-electron chi connectivity index (χ4n) is 2.01. The summed E-state index contributed by atoms with van der Waals surface area (Å²) in [6.45, 7) is 0. The second kappa shape index (κ2) is 5.11. The maximum Gasteiger partial charge on any atom is 0.289 e. The van der Waals surface area contributed by atoms with Crippen LogP contribution in [0.3, 0.4) is 0 Å². The molecule has 110 valence electrons. The summed E-state index contributed by atoms with van der Waals surface area (Å²) in [5, 5.41) is 10.8. The van der Waals surface area contributed by atoms with Gasteiger partial charge in [0.1, 0.15) is 0 Å². The number of nitro groups is 1. The zero-order valence-electron chi connectivity index (χ0n) is 10.2. The van der Waals surface area contributed by atoms with Crippen LogP contribution < -0.4 is 4.72 Å². The number of para-hydroxylation sites is 1. The van der Waals surface area contributed by atoms with E-state index in [1.54, 1.807) is 0 Å². The van der Waals surface area contributed by atoms with Crippen molar-refractivity contribution in [2.45, 2.75) is 17.4 Å². The number of hydrogen-bond acceptors (Lipinski definition) is 6. The van der Waals surface area contributed by atoms with E-state index in [-0.39, 0.29) is 17.9 Å². The van der Waals surface area contributed by atoms with Gasteiger partial charge in [-0.15, -0.1) is 0 Å². The van der Waals surface area contributed by atoms with Gasteiger partial charge in [0.25, 0.3) is 5.69 Å². The Kier molecular flexibility index (Phi) is 3.80. The lowest BCUT2D eigenvalue weighted by Gasteiger charge is -2.11. The summed E-state index contributed by atoms with van der Waals surface area (Å²) < 4.78 is 49.0. The van der Waals surface area contributed by atoms with Gasteiger partial charge in [-0.1, -0.05) is 12.1 Å². The van der Waals surface area contributed by atoms with Crippen LogP contribution in [0.15, 0.2) is 29.2 Å². The Morgan fingerprint density at radius 1 is 1.30 bits per heavy atom. The molecule has 1 aromatic rings. The van der Waals surface area contributed by atoms with Gasteiger partial charge in [-0.2, -0.15) is 0 Å². The first-order valence-corrected chi connectivity index (χ1v) is 8.98. The van der Waals surface area contributed by atoms with E-state index in [9.17, 15) is 26.9 Å². The number of nitrogens with zero attached hydrogens (tertiary/aromatic N) is 1. The molecule has 1 saturated heterocycles. The normalized spacial score (nSPS) is 21.7. The van der Waals surface area contributed by atoms with Crippen molar-refractivity contribution < 1.29 is 21.8 Å². The highest BCUT2D eigenvalue weighted by Crippen LogP contribution is 2.24. The predicted octanol–water partition coefficient (Wildman–Crippen LogP) is 0.0602. The number of hydrogen-bond donors (Lipinski definition) is 1. The monoisotopic (exact) mass is 320 g/mol. The highest BCUT2D eigenvalue weighted by Gasteiger charge is 2.33. The Morgan fingerprint density at radius 3 is 2.50 bits per heavy atom. The molecule has 0 aliphatic carbocycles. The maximum absolute atomic E-state index is 12.1. The van der Waals surface area contributed by atoms with Gasteiger partial charge in [0.15, 0.2) is 14.7 Å². The minimum atomic E-state index is -4.13. The lowest BCUT2D eigenvalue weighted by Crippen LogP contribution is -2.35. The zero-order chi connectivity index (χ0) is 15.0. The van der Waals surface area contributed by atoms with E-state index in [0.717, 1.165) is 12.1 Å². The third-order valence-electron chi connectivity index (χ3n) is 2.91. The summed E-state index contributed by atoms with van der Waals surface area (Å²) in [6.07, 6.45) is 0.169. The molecular weight excluding hydrogens is 308 g/mol. The Hall–Kier alpha value is -1.52. The molecule has 0 spiro atoms. The van der Waals surface area contributed by atoms with Crippen molar-refractivity contribution in [2.75, 3.05) is 11.5 Å². The van der Waals surface area contributed by atoms with Crippen molar-refractivity contribution in [3.05, 3.63) is 34.4 Å². The molecular formula is C10H12N2O6S2. The molecule has 20 heavy (non-hydrogen) atoms. The van der Waals surface area contributed by atoms with Crippen LogP contribution in [0.4, 0.5) is 5.69 Å². The highest BCUT2D eigenvalue weighted by molar-refractivity contribution is 7.92. The van der Waals surface area contributed by atoms with Gasteiger partial charge < -0.3 is 0 Å². The summed E-state index contributed by atoms with van der Waals surface area (Å²) in [5.74, 6) is -0.371. The molecule has 1 atom stereocenters. The quantitative estimate of drug-likeness (QED) is 0.618. The fourth-order valence-corrected chi connectivity index (χ4v) is 5.23. The van der Waals surface area contributed by atoms with E-state index in [1.807, 2.05) is 0 Å². The minimum Gasteiger partial charge on any atom is -0.258 e. The van der Waals surface area contributed by atoms with Gasteiger partial charge in [0.2, 0.25) is 10.0 Å². The lowest BCUT2D eigenvalue weighted by atomic mass is 10.3. The van der Waals surface area contributed by atoms with Crippen LogP contribution in [0.5, 0.6) is 0 Å². The topological polar surface area (TPSA) is 123 Å². The average Bonchev–Trinajstić information content (AvgIpc) is 2.68. The second-order valence-corrected chi connectivity index (χ2v) is 8.36. The smallest absolute Gasteiger partial charge is 0.258 e. The molecule has 2 rings (SSSR count). The standard InChI is InChI=1S/C10H12N2O6S2/c13-12(14)9-3-1-2-4-10(9)20(17,18)11-8-5-6-19(15,16)7-8/h1-4,8,11H,5-7H2. The molecule has 1 aromatic carbocycles. The van der Waals surface area contributed by atoms with Crippen molar-refractivity contribution in [2.24, 2.45) is 0 Å². The Morgan fingerprint density at radius 2 is 1.95 bits per heavy atom. The van der Waals surface area contributed by atoms with Gasteiger partial charge in [0.05, 0.1) is 16.4 Å². The van der Waals surface area contributed by atoms with E-state index in [4.69, 9.17) is 0 Å². The van der Waals surface area contributed by atoms with Gasteiger partial charge >= 0.3 is 0 Å². The SMILES string of the molecule is O=[N+]([O-])c1ccccc1S(=O)(=O)NC1CCS(=O)(=O)C1. The summed E-state index contributed by atoms with van der Waals surface area (Å²) >= 11 is 0. The van der Waals surface area contributed by atoms with Crippen molar-refractivity contribution in [3.8, 4) is 0 Å². The predicted molar refractivity (Wildman–Crippen MR) is 70.5 cm³/mol. The van der Waals surface area contributed by atoms with E-state index in [2.05, 4.69) is 4.72 Å². The van der Waals surface area contributed by atoms with Crippen LogP contribution in [0.1, 0.15) is 6.42 Å². The van der Waals surface area contributed by atoms with Crippen molar-refractivity contribution >= 4 is 25.5 Å². The van der Waals surface area contributed by atoms with E-state index >= 15 is 0 Å². The van der Waals surface area contributed by atoms with Gasteiger partial charge in [0, 0.05) is 12.1 Å². The first-order chi connectivity index (χ1) is 9.21. The Labute approximate surface area is 115 Å². The number of nitro benzene ring substituents is 1. The third kappa shape index (κ3) is 3.14. The largest absolute Gasteiger partial charge is 0.289 e. The molecule has 1 unspecified atom stereocenters. The minimum absolute atomic E-state index is 0.0862. The fraction of sp³-hybridized carbons (Fsp3) is 0.400. The molecule has 0 aromatic heterocycles. The van der Waals surface area contributed by atoms with Crippen molar-refractivity contribution in [1.82, 2.24) is 4.72 Å². The summed E-state index contributed by atoms with van der Waals surface area (Å²) in [6, 6.07) is 4.18. The molecule has 0 bridgehead atoms. The lowest BCUT2D eigenvalue weighted by molar-refractivity contribution is -0.387. The molecule has 8 nitrogen and oxygen atoms in total. The molecule has 1 fully saturated rings. The van der Waals surface area contributed by atoms with Crippen molar-refractivity contribution in [1.29, 1.82) is 0 Å². The first-order valence-electron chi connectivity index (χ1n) is 5.67. The molecule has 1 aliphatic rings. The van der Waals surface area contributed by atoms with Gasteiger partial charge in [-0.3, -0.25) is 10.1 Å². The Bertz CT molecular complexity index is 741. The Balaban J connectivity index is 2.30. The maximum atomic E-state index is 12.1. The van der Waals surface area contributed by atoms with E-state index < -0.39 is 41.4 Å². The molecule has 0 amide bonds. The first kappa shape index (κ1) is 14.9. The van der Waals surface area contributed by atoms with Crippen molar-refractivity contribution in [3.63, 3.8) is 0 Å². The summed E-state index contributed by atoms with van der Waals surface area (Å²) in [7, 11) is -7.36. The van der Waals surface area contributed by atoms with Crippen LogP contribution in [0.25, 0.3) is 0 Å². The highest BCUT2D eigenvalue weighted by atomic mass is 32.2. The van der Waals surface area contributed by atoms with Crippen LogP contribution in [-0.4, -0.2) is 39.3 Å². The summed E-state index contributed by atoms with van der Waals surface area (Å²) in [5.41, 5.74) is -0.541. The van der Waals surface area contributed by atoms with Crippen LogP contribution in [-0.2, 0) is 19.9 Å². The zero-order valence-corrected chi connectivity index (χ0v) is 11.9. The number of benzene rings is 1. The molecule has 1 heterocycles. The molecule has 0 radical (unpaired) electrons. The number of sulfone groups is 1. The van der Waals surface area contributed by atoms with Crippen LogP contribution in [0, 0.1) is 10.1 Å². The molecule has 0 saturated carbocycles. The van der Waals surface area contributed by atoms with Gasteiger partial charge in [-0.05, 0) is 12.5 Å². The number of nitrogens with one attached hydrogen (secondary N) is 1. The number of rotatable bonds is 4. The third-order valence-corrected chi connectivity index (χ3v) is 6.24. The van der Waals surface area contributed by atoms with E-state index in [0.29, 0.717) is 0 Å². The van der Waals surface area contributed by atoms with Crippen LogP contribution >= 0.6 is 0 Å². The molecule has 10 heteroatoms. The van der Waals surface area contributed by atoms with Gasteiger partial charge in [-0.25, -0.2) is 21.6 Å². The average molecular weight is 320 g/mol. The van der Waals surface area contributed by atoms with Crippen LogP contribution in [0.2, 0.25) is 0 Å². The molecule has 1 aliphatic heterocycles. The molecule has 1 N–H and O–H groups in total. The summed E-state index contributed by atoms with van der Waals surface area (Å²) in [4.78, 5) is 9.57. The number of sulfonamides is 1. The second-order valence-electron chi connectivity index (χ2n) is 4.45.